The van der Waals surface area contributed by atoms with Crippen LogP contribution in [0.4, 0.5) is 0 Å². The Bertz CT molecular complexity index is 488. The average molecular weight is 383 g/mol. The number of rotatable bonds is 8. The standard InChI is InChI=1S/C22H42O3Si/c1-16(2)11-10-12-17(3)20-18(13-14-19(23)21(20)24-7)15-25-26(8,9)22(4,5)6/h12,16,18,20-21H,10-11,13-15H2,1-9H3/t18-,20-,21-/m1/s1. The summed E-state index contributed by atoms with van der Waals surface area (Å²) in [6.45, 7) is 18.8. The van der Waals surface area contributed by atoms with Gasteiger partial charge in [0.1, 0.15) is 6.10 Å². The van der Waals surface area contributed by atoms with Crippen LogP contribution in [0.3, 0.4) is 0 Å². The van der Waals surface area contributed by atoms with Gasteiger partial charge in [0.05, 0.1) is 0 Å². The monoisotopic (exact) mass is 382 g/mol. The number of methoxy groups -OCH3 is 1. The highest BCUT2D eigenvalue weighted by molar-refractivity contribution is 6.74. The van der Waals surface area contributed by atoms with Gasteiger partial charge in [-0.2, -0.15) is 0 Å². The molecular weight excluding hydrogens is 340 g/mol. The zero-order chi connectivity index (χ0) is 20.1. The van der Waals surface area contributed by atoms with Crippen LogP contribution in [0.15, 0.2) is 11.6 Å². The summed E-state index contributed by atoms with van der Waals surface area (Å²) < 4.78 is 12.2. The summed E-state index contributed by atoms with van der Waals surface area (Å²) in [5.74, 6) is 1.46. The average Bonchev–Trinajstić information content (AvgIpc) is 2.51. The van der Waals surface area contributed by atoms with Crippen molar-refractivity contribution in [1.82, 2.24) is 0 Å². The molecule has 1 aliphatic rings. The van der Waals surface area contributed by atoms with E-state index in [-0.39, 0.29) is 22.8 Å². The van der Waals surface area contributed by atoms with E-state index in [1.54, 1.807) is 7.11 Å². The molecule has 152 valence electrons. The molecule has 26 heavy (non-hydrogen) atoms. The van der Waals surface area contributed by atoms with Gasteiger partial charge in [-0.15, -0.1) is 0 Å². The molecule has 0 aromatic carbocycles. The number of hydrogen-bond acceptors (Lipinski definition) is 3. The van der Waals surface area contributed by atoms with Gasteiger partial charge in [-0.25, -0.2) is 0 Å². The molecule has 0 aromatic heterocycles. The number of ketones is 1. The topological polar surface area (TPSA) is 35.5 Å². The van der Waals surface area contributed by atoms with E-state index in [4.69, 9.17) is 9.16 Å². The third-order valence-corrected chi connectivity index (χ3v) is 10.9. The maximum Gasteiger partial charge on any atom is 0.191 e. The Hall–Kier alpha value is -0.453. The molecule has 1 rings (SSSR count). The second kappa shape index (κ2) is 9.65. The minimum atomic E-state index is -1.79. The molecule has 0 unspecified atom stereocenters. The van der Waals surface area contributed by atoms with Gasteiger partial charge in [0, 0.05) is 26.1 Å². The quantitative estimate of drug-likeness (QED) is 0.381. The highest BCUT2D eigenvalue weighted by atomic mass is 28.4. The van der Waals surface area contributed by atoms with E-state index in [2.05, 4.69) is 60.7 Å². The zero-order valence-electron chi connectivity index (χ0n) is 18.6. The number of carbonyl (C=O) groups excluding carboxylic acids is 1. The molecule has 0 amide bonds. The lowest BCUT2D eigenvalue weighted by Crippen LogP contribution is -2.47. The van der Waals surface area contributed by atoms with E-state index >= 15 is 0 Å². The molecule has 1 fully saturated rings. The van der Waals surface area contributed by atoms with Crippen molar-refractivity contribution >= 4 is 14.1 Å². The predicted molar refractivity (Wildman–Crippen MR) is 113 cm³/mol. The molecule has 0 saturated heterocycles. The minimum absolute atomic E-state index is 0.151. The van der Waals surface area contributed by atoms with Crippen molar-refractivity contribution in [2.24, 2.45) is 17.8 Å². The summed E-state index contributed by atoms with van der Waals surface area (Å²) >= 11 is 0. The first-order valence-corrected chi connectivity index (χ1v) is 13.2. The van der Waals surface area contributed by atoms with Gasteiger partial charge in [0.25, 0.3) is 0 Å². The maximum atomic E-state index is 12.4. The van der Waals surface area contributed by atoms with Gasteiger partial charge in [-0.1, -0.05) is 46.3 Å². The Labute approximate surface area is 163 Å². The lowest BCUT2D eigenvalue weighted by atomic mass is 9.73. The lowest BCUT2D eigenvalue weighted by Gasteiger charge is -2.41. The fraction of sp³-hybridized carbons (Fsp3) is 0.864. The highest BCUT2D eigenvalue weighted by Gasteiger charge is 2.42. The first-order valence-electron chi connectivity index (χ1n) is 10.3. The summed E-state index contributed by atoms with van der Waals surface area (Å²) in [6, 6.07) is 0. The Kier molecular flexibility index (Phi) is 8.76. The van der Waals surface area contributed by atoms with Gasteiger partial charge >= 0.3 is 0 Å². The van der Waals surface area contributed by atoms with Crippen molar-refractivity contribution in [3.63, 3.8) is 0 Å². The summed E-state index contributed by atoms with van der Waals surface area (Å²) in [4.78, 5) is 12.4. The van der Waals surface area contributed by atoms with Gasteiger partial charge < -0.3 is 9.16 Å². The summed E-state index contributed by atoms with van der Waals surface area (Å²) in [7, 11) is -0.113. The summed E-state index contributed by atoms with van der Waals surface area (Å²) in [5, 5.41) is 0.204. The normalized spacial score (nSPS) is 25.8. The maximum absolute atomic E-state index is 12.4. The fourth-order valence-corrected chi connectivity index (χ4v) is 4.55. The Morgan fingerprint density at radius 2 is 1.92 bits per heavy atom. The zero-order valence-corrected chi connectivity index (χ0v) is 19.6. The van der Waals surface area contributed by atoms with Crippen LogP contribution in [0.1, 0.15) is 67.2 Å². The Balaban J connectivity index is 2.94. The molecule has 0 bridgehead atoms. The van der Waals surface area contributed by atoms with Gasteiger partial charge in [-0.3, -0.25) is 4.79 Å². The van der Waals surface area contributed by atoms with Crippen LogP contribution in [0, 0.1) is 17.8 Å². The lowest BCUT2D eigenvalue weighted by molar-refractivity contribution is -0.136. The molecule has 0 heterocycles. The largest absolute Gasteiger partial charge is 0.417 e. The molecule has 3 nitrogen and oxygen atoms in total. The molecule has 3 atom stereocenters. The fourth-order valence-electron chi connectivity index (χ4n) is 3.48. The van der Waals surface area contributed by atoms with Crippen LogP contribution in [0.2, 0.25) is 18.1 Å². The summed E-state index contributed by atoms with van der Waals surface area (Å²) in [5.41, 5.74) is 1.30. The summed E-state index contributed by atoms with van der Waals surface area (Å²) in [6.07, 6.45) is 5.79. The molecule has 0 radical (unpaired) electrons. The van der Waals surface area contributed by atoms with Gasteiger partial charge in [0.2, 0.25) is 0 Å². The van der Waals surface area contributed by atoms with E-state index < -0.39 is 8.32 Å². The van der Waals surface area contributed by atoms with Crippen molar-refractivity contribution < 1.29 is 14.0 Å². The van der Waals surface area contributed by atoms with Crippen LogP contribution in [-0.4, -0.2) is 33.9 Å². The minimum Gasteiger partial charge on any atom is -0.417 e. The molecule has 0 N–H and O–H groups in total. The van der Waals surface area contributed by atoms with E-state index in [1.165, 1.54) is 12.0 Å². The molecule has 1 saturated carbocycles. The van der Waals surface area contributed by atoms with Crippen LogP contribution >= 0.6 is 0 Å². The number of carbonyl (C=O) groups is 1. The van der Waals surface area contributed by atoms with E-state index in [9.17, 15) is 4.79 Å². The van der Waals surface area contributed by atoms with Gasteiger partial charge in [0.15, 0.2) is 14.1 Å². The smallest absolute Gasteiger partial charge is 0.191 e. The Morgan fingerprint density at radius 3 is 2.42 bits per heavy atom. The van der Waals surface area contributed by atoms with Crippen LogP contribution in [0.25, 0.3) is 0 Å². The second-order valence-electron chi connectivity index (χ2n) is 9.94. The third-order valence-electron chi connectivity index (χ3n) is 6.37. The second-order valence-corrected chi connectivity index (χ2v) is 14.7. The highest BCUT2D eigenvalue weighted by Crippen LogP contribution is 2.40. The van der Waals surface area contributed by atoms with Crippen molar-refractivity contribution in [2.45, 2.75) is 91.5 Å². The van der Waals surface area contributed by atoms with Crippen LogP contribution < -0.4 is 0 Å². The van der Waals surface area contributed by atoms with Crippen LogP contribution in [0.5, 0.6) is 0 Å². The third kappa shape index (κ3) is 6.31. The van der Waals surface area contributed by atoms with Crippen molar-refractivity contribution in [3.05, 3.63) is 11.6 Å². The first kappa shape index (κ1) is 23.6. The first-order chi connectivity index (χ1) is 11.9. The van der Waals surface area contributed by atoms with Crippen molar-refractivity contribution in [2.75, 3.05) is 13.7 Å². The van der Waals surface area contributed by atoms with E-state index in [0.717, 1.165) is 19.4 Å². The number of ether oxygens (including phenoxy) is 1. The molecule has 0 spiro atoms. The van der Waals surface area contributed by atoms with Crippen LogP contribution in [-0.2, 0) is 14.0 Å². The predicted octanol–water partition coefficient (Wildman–Crippen LogP) is 6.00. The number of hydrogen-bond donors (Lipinski definition) is 0. The molecule has 0 aliphatic heterocycles. The van der Waals surface area contributed by atoms with E-state index in [0.29, 0.717) is 18.3 Å². The molecule has 4 heteroatoms. The molecular formula is C22H42O3Si. The van der Waals surface area contributed by atoms with Crippen molar-refractivity contribution in [3.8, 4) is 0 Å². The number of Topliss-reactive ketones (excluding diaryl/α,β-unsaturated/α-hetero) is 1. The van der Waals surface area contributed by atoms with E-state index in [1.807, 2.05) is 0 Å². The van der Waals surface area contributed by atoms with Gasteiger partial charge in [-0.05, 0) is 56.2 Å². The SMILES string of the molecule is CO[C@@H]1C(=O)CC[C@H](CO[Si](C)(C)C(C)(C)C)[C@H]1C(C)=CCCC(C)C. The molecule has 0 aromatic rings. The van der Waals surface area contributed by atoms with Crippen molar-refractivity contribution in [1.29, 1.82) is 0 Å². The number of allylic oxidation sites excluding steroid dienone is 1. The Morgan fingerprint density at radius 1 is 1.31 bits per heavy atom. The molecule has 1 aliphatic carbocycles.